The van der Waals surface area contributed by atoms with E-state index in [0.717, 1.165) is 11.3 Å². The third-order valence-corrected chi connectivity index (χ3v) is 3.12. The molecule has 0 saturated carbocycles. The van der Waals surface area contributed by atoms with Crippen LogP contribution in [-0.2, 0) is 18.3 Å². The van der Waals surface area contributed by atoms with Gasteiger partial charge in [-0.05, 0) is 20.8 Å². The van der Waals surface area contributed by atoms with Crippen molar-refractivity contribution in [2.45, 2.75) is 32.8 Å². The number of hydrogen-bond acceptors (Lipinski definition) is 3. The Balaban J connectivity index is 2.76. The van der Waals surface area contributed by atoms with Crippen LogP contribution in [0.5, 0.6) is 0 Å². The number of aryl methyl sites for hydroxylation is 2. The lowest BCUT2D eigenvalue weighted by Crippen LogP contribution is -2.40. The van der Waals surface area contributed by atoms with E-state index in [1.54, 1.807) is 32.6 Å². The van der Waals surface area contributed by atoms with Crippen LogP contribution in [0.25, 0.3) is 0 Å². The molecule has 6 heteroatoms. The quantitative estimate of drug-likeness (QED) is 0.895. The van der Waals surface area contributed by atoms with Crippen LogP contribution in [0.4, 0.5) is 0 Å². The Morgan fingerprint density at radius 1 is 1.56 bits per heavy atom. The van der Waals surface area contributed by atoms with E-state index in [1.165, 1.54) is 4.90 Å². The van der Waals surface area contributed by atoms with Crippen molar-refractivity contribution in [1.82, 2.24) is 14.7 Å². The van der Waals surface area contributed by atoms with Gasteiger partial charge in [-0.25, -0.2) is 0 Å². The van der Waals surface area contributed by atoms with E-state index in [1.807, 2.05) is 6.92 Å². The molecule has 1 N–H and O–H groups in total. The number of hydrogen-bond donors (Lipinski definition) is 1. The largest absolute Gasteiger partial charge is 0.389 e. The van der Waals surface area contributed by atoms with Crippen molar-refractivity contribution in [1.29, 1.82) is 0 Å². The number of nitrogens with zero attached hydrogens (tertiary/aromatic N) is 3. The number of aromatic nitrogens is 2. The zero-order valence-corrected chi connectivity index (χ0v) is 12.2. The molecule has 0 saturated heterocycles. The van der Waals surface area contributed by atoms with Gasteiger partial charge in [0.15, 0.2) is 0 Å². The maximum atomic E-state index is 12.0. The lowest BCUT2D eigenvalue weighted by Gasteiger charge is -2.25. The third kappa shape index (κ3) is 3.71. The van der Waals surface area contributed by atoms with Crippen LogP contribution in [-0.4, -0.2) is 44.9 Å². The Bertz CT molecular complexity index is 449. The van der Waals surface area contributed by atoms with Crippen LogP contribution in [0, 0.1) is 6.92 Å². The van der Waals surface area contributed by atoms with Gasteiger partial charge in [0.2, 0.25) is 5.91 Å². The van der Waals surface area contributed by atoms with Gasteiger partial charge >= 0.3 is 0 Å². The second-order valence-electron chi connectivity index (χ2n) is 5.22. The van der Waals surface area contributed by atoms with Crippen molar-refractivity contribution in [2.24, 2.45) is 7.05 Å². The van der Waals surface area contributed by atoms with E-state index in [2.05, 4.69) is 5.10 Å². The van der Waals surface area contributed by atoms with Crippen LogP contribution in [0.1, 0.15) is 25.1 Å². The summed E-state index contributed by atoms with van der Waals surface area (Å²) in [4.78, 5) is 13.5. The molecule has 1 heterocycles. The molecule has 1 aromatic heterocycles. The minimum absolute atomic E-state index is 0.0878. The minimum atomic E-state index is -0.905. The van der Waals surface area contributed by atoms with Crippen LogP contribution in [0.2, 0.25) is 5.15 Å². The van der Waals surface area contributed by atoms with Crippen LogP contribution < -0.4 is 0 Å². The molecular weight excluding hydrogens is 254 g/mol. The summed E-state index contributed by atoms with van der Waals surface area (Å²) in [5.74, 6) is -0.0878. The van der Waals surface area contributed by atoms with Gasteiger partial charge in [-0.2, -0.15) is 5.10 Å². The molecule has 102 valence electrons. The Hall–Kier alpha value is -1.07. The van der Waals surface area contributed by atoms with Crippen molar-refractivity contribution in [2.75, 3.05) is 13.6 Å². The smallest absolute Gasteiger partial charge is 0.227 e. The van der Waals surface area contributed by atoms with E-state index in [0.29, 0.717) is 5.15 Å². The van der Waals surface area contributed by atoms with Crippen LogP contribution in [0.15, 0.2) is 0 Å². The van der Waals surface area contributed by atoms with E-state index in [9.17, 15) is 9.90 Å². The topological polar surface area (TPSA) is 58.4 Å². The van der Waals surface area contributed by atoms with Crippen molar-refractivity contribution < 1.29 is 9.90 Å². The van der Waals surface area contributed by atoms with Gasteiger partial charge in [0.1, 0.15) is 5.15 Å². The normalized spacial score (nSPS) is 11.7. The summed E-state index contributed by atoms with van der Waals surface area (Å²) in [6.07, 6.45) is 0.199. The predicted molar refractivity (Wildman–Crippen MR) is 70.6 cm³/mol. The lowest BCUT2D eigenvalue weighted by atomic mass is 10.1. The number of carbonyl (C=O) groups is 1. The average molecular weight is 274 g/mol. The molecule has 0 spiro atoms. The molecule has 0 aliphatic carbocycles. The average Bonchev–Trinajstić information content (AvgIpc) is 2.42. The van der Waals surface area contributed by atoms with Gasteiger partial charge in [-0.1, -0.05) is 11.6 Å². The first-order valence-corrected chi connectivity index (χ1v) is 6.14. The van der Waals surface area contributed by atoms with E-state index in [-0.39, 0.29) is 18.9 Å². The van der Waals surface area contributed by atoms with Gasteiger partial charge in [-0.3, -0.25) is 9.48 Å². The zero-order valence-electron chi connectivity index (χ0n) is 11.5. The molecule has 1 rings (SSSR count). The molecule has 0 aromatic carbocycles. The van der Waals surface area contributed by atoms with Crippen molar-refractivity contribution in [3.05, 3.63) is 16.4 Å². The maximum Gasteiger partial charge on any atom is 0.227 e. The lowest BCUT2D eigenvalue weighted by molar-refractivity contribution is -0.131. The summed E-state index contributed by atoms with van der Waals surface area (Å²) in [5.41, 5.74) is 0.595. The molecule has 0 aliphatic heterocycles. The van der Waals surface area contributed by atoms with E-state index >= 15 is 0 Å². The number of aliphatic hydroxyl groups is 1. The number of amides is 1. The molecule has 5 nitrogen and oxygen atoms in total. The number of likely N-dealkylation sites (N-methyl/N-ethyl adjacent to an activating group) is 1. The molecule has 1 amide bonds. The minimum Gasteiger partial charge on any atom is -0.389 e. The molecule has 0 fully saturated rings. The summed E-state index contributed by atoms with van der Waals surface area (Å²) < 4.78 is 1.55. The van der Waals surface area contributed by atoms with Crippen molar-refractivity contribution in [3.8, 4) is 0 Å². The summed E-state index contributed by atoms with van der Waals surface area (Å²) in [5, 5.41) is 14.3. The second kappa shape index (κ2) is 5.28. The van der Waals surface area contributed by atoms with Crippen molar-refractivity contribution >= 4 is 17.5 Å². The van der Waals surface area contributed by atoms with Gasteiger partial charge in [-0.15, -0.1) is 0 Å². The summed E-state index contributed by atoms with van der Waals surface area (Å²) in [7, 11) is 3.41. The summed E-state index contributed by atoms with van der Waals surface area (Å²) in [6, 6.07) is 0. The highest BCUT2D eigenvalue weighted by atomic mass is 35.5. The Labute approximate surface area is 112 Å². The standard InChI is InChI=1S/C12H20ClN3O2/c1-8-9(11(13)16(5)14-8)6-10(17)15(4)7-12(2,3)18/h18H,6-7H2,1-5H3. The molecular formula is C12H20ClN3O2. The fraction of sp³-hybridized carbons (Fsp3) is 0.667. The molecule has 0 unspecified atom stereocenters. The fourth-order valence-corrected chi connectivity index (χ4v) is 2.07. The van der Waals surface area contributed by atoms with Gasteiger partial charge in [0.25, 0.3) is 0 Å². The number of rotatable bonds is 4. The summed E-state index contributed by atoms with van der Waals surface area (Å²) in [6.45, 7) is 5.44. The van der Waals surface area contributed by atoms with Crippen LogP contribution in [0.3, 0.4) is 0 Å². The molecule has 0 radical (unpaired) electrons. The molecule has 0 bridgehead atoms. The number of halogens is 1. The zero-order chi connectivity index (χ0) is 14.1. The van der Waals surface area contributed by atoms with Gasteiger partial charge in [0.05, 0.1) is 17.7 Å². The highest BCUT2D eigenvalue weighted by Crippen LogP contribution is 2.19. The molecule has 0 atom stereocenters. The highest BCUT2D eigenvalue weighted by molar-refractivity contribution is 6.30. The van der Waals surface area contributed by atoms with E-state index in [4.69, 9.17) is 11.6 Å². The summed E-state index contributed by atoms with van der Waals surface area (Å²) >= 11 is 6.08. The third-order valence-electron chi connectivity index (χ3n) is 2.65. The first-order chi connectivity index (χ1) is 8.11. The molecule has 18 heavy (non-hydrogen) atoms. The maximum absolute atomic E-state index is 12.0. The first kappa shape index (κ1) is 15.0. The molecule has 0 aliphatic rings. The van der Waals surface area contributed by atoms with Gasteiger partial charge in [0, 0.05) is 26.2 Å². The van der Waals surface area contributed by atoms with Gasteiger partial charge < -0.3 is 10.0 Å². The first-order valence-electron chi connectivity index (χ1n) is 5.76. The molecule has 1 aromatic rings. The Morgan fingerprint density at radius 2 is 2.11 bits per heavy atom. The highest BCUT2D eigenvalue weighted by Gasteiger charge is 2.22. The Morgan fingerprint density at radius 3 is 2.50 bits per heavy atom. The van der Waals surface area contributed by atoms with Crippen LogP contribution >= 0.6 is 11.6 Å². The predicted octanol–water partition coefficient (Wildman–Crippen LogP) is 1.15. The fourth-order valence-electron chi connectivity index (χ4n) is 1.83. The second-order valence-corrected chi connectivity index (χ2v) is 5.58. The van der Waals surface area contributed by atoms with Crippen molar-refractivity contribution in [3.63, 3.8) is 0 Å². The monoisotopic (exact) mass is 273 g/mol. The SMILES string of the molecule is Cc1nn(C)c(Cl)c1CC(=O)N(C)CC(C)(C)O. The Kier molecular flexibility index (Phi) is 4.40. The van der Waals surface area contributed by atoms with E-state index < -0.39 is 5.60 Å². The number of carbonyl (C=O) groups excluding carboxylic acids is 1.